The number of rotatable bonds is 2. The lowest BCUT2D eigenvalue weighted by atomic mass is 10.1. The molecule has 0 aromatic heterocycles. The Kier molecular flexibility index (Phi) is 2.14. The molecule has 0 saturated heterocycles. The number of Topliss-reactive ketones (excluding diaryl/α,β-unsaturated/α-hetero) is 1. The van der Waals surface area contributed by atoms with Crippen molar-refractivity contribution in [1.82, 2.24) is 0 Å². The summed E-state index contributed by atoms with van der Waals surface area (Å²) in [5.74, 6) is -0.164. The van der Waals surface area contributed by atoms with Crippen molar-refractivity contribution in [3.05, 3.63) is 28.2 Å². The lowest BCUT2D eigenvalue weighted by Gasteiger charge is -2.15. The van der Waals surface area contributed by atoms with Crippen LogP contribution in [0.3, 0.4) is 0 Å². The second-order valence-corrected chi connectivity index (χ2v) is 5.27. The molecule has 1 aromatic rings. The van der Waals surface area contributed by atoms with Crippen molar-refractivity contribution in [3.8, 4) is 0 Å². The number of carbonyl (C=O) groups excluding carboxylic acids is 2. The van der Waals surface area contributed by atoms with Gasteiger partial charge in [-0.3, -0.25) is 9.59 Å². The second-order valence-electron chi connectivity index (χ2n) is 4.35. The van der Waals surface area contributed by atoms with E-state index in [1.165, 1.54) is 12.8 Å². The molecule has 1 aliphatic heterocycles. The van der Waals surface area contributed by atoms with Gasteiger partial charge in [0.2, 0.25) is 0 Å². The number of ketones is 1. The predicted molar refractivity (Wildman–Crippen MR) is 63.5 cm³/mol. The molecular weight excluding hydrogens is 270 g/mol. The van der Waals surface area contributed by atoms with E-state index in [2.05, 4.69) is 15.9 Å². The minimum atomic E-state index is -0.378. The third-order valence-electron chi connectivity index (χ3n) is 3.07. The highest BCUT2D eigenvalue weighted by Gasteiger charge is 2.38. The number of hydrogen-bond donors (Lipinski definition) is 0. The van der Waals surface area contributed by atoms with Gasteiger partial charge in [-0.1, -0.05) is 15.9 Å². The second kappa shape index (κ2) is 3.42. The molecule has 1 fully saturated rings. The summed E-state index contributed by atoms with van der Waals surface area (Å²) in [5.41, 5.74) is 1.30. The van der Waals surface area contributed by atoms with Crippen LogP contribution in [0.1, 0.15) is 23.2 Å². The van der Waals surface area contributed by atoms with Gasteiger partial charge in [0.25, 0.3) is 11.7 Å². The van der Waals surface area contributed by atoms with Gasteiger partial charge in [-0.2, -0.15) is 0 Å². The molecule has 3 rings (SSSR count). The number of carbonyl (C=O) groups is 2. The Morgan fingerprint density at radius 1 is 1.31 bits per heavy atom. The maximum atomic E-state index is 11.8. The molecule has 0 atom stereocenters. The molecule has 16 heavy (non-hydrogen) atoms. The van der Waals surface area contributed by atoms with Crippen LogP contribution in [-0.4, -0.2) is 18.2 Å². The summed E-state index contributed by atoms with van der Waals surface area (Å²) in [5, 5.41) is 0. The molecule has 4 heteroatoms. The highest BCUT2D eigenvalue weighted by Crippen LogP contribution is 2.36. The summed E-state index contributed by atoms with van der Waals surface area (Å²) in [6, 6.07) is 5.43. The van der Waals surface area contributed by atoms with Gasteiger partial charge in [-0.15, -0.1) is 0 Å². The Balaban J connectivity index is 2.02. The smallest absolute Gasteiger partial charge is 0.299 e. The third-order valence-corrected chi connectivity index (χ3v) is 3.56. The Morgan fingerprint density at radius 3 is 2.75 bits per heavy atom. The van der Waals surface area contributed by atoms with Crippen LogP contribution in [0.2, 0.25) is 0 Å². The van der Waals surface area contributed by atoms with Crippen LogP contribution in [0.25, 0.3) is 0 Å². The molecule has 0 spiro atoms. The number of fused-ring (bicyclic) bond motifs is 1. The minimum Gasteiger partial charge on any atom is -0.304 e. The number of benzene rings is 1. The first-order valence-electron chi connectivity index (χ1n) is 5.32. The van der Waals surface area contributed by atoms with Gasteiger partial charge >= 0.3 is 0 Å². The average molecular weight is 280 g/mol. The Labute approximate surface area is 102 Å². The van der Waals surface area contributed by atoms with E-state index in [0.29, 0.717) is 18.0 Å². The van der Waals surface area contributed by atoms with Gasteiger partial charge in [0.1, 0.15) is 0 Å². The first kappa shape index (κ1) is 10.0. The van der Waals surface area contributed by atoms with E-state index in [9.17, 15) is 9.59 Å². The predicted octanol–water partition coefficient (Wildman–Crippen LogP) is 2.39. The highest BCUT2D eigenvalue weighted by atomic mass is 79.9. The van der Waals surface area contributed by atoms with Crippen LogP contribution in [0, 0.1) is 5.92 Å². The van der Waals surface area contributed by atoms with Crippen LogP contribution in [0.15, 0.2) is 22.7 Å². The van der Waals surface area contributed by atoms with E-state index in [1.54, 1.807) is 11.0 Å². The zero-order chi connectivity index (χ0) is 11.3. The monoisotopic (exact) mass is 279 g/mol. The van der Waals surface area contributed by atoms with Gasteiger partial charge in [-0.25, -0.2) is 0 Å². The quantitative estimate of drug-likeness (QED) is 0.780. The maximum absolute atomic E-state index is 11.8. The van der Waals surface area contributed by atoms with Crippen molar-refractivity contribution >= 4 is 33.3 Å². The van der Waals surface area contributed by atoms with E-state index in [-0.39, 0.29) is 11.7 Å². The molecule has 0 N–H and O–H groups in total. The Morgan fingerprint density at radius 2 is 2.06 bits per heavy atom. The van der Waals surface area contributed by atoms with E-state index in [4.69, 9.17) is 0 Å². The minimum absolute atomic E-state index is 0.375. The summed E-state index contributed by atoms with van der Waals surface area (Å²) in [6.45, 7) is 0.694. The number of hydrogen-bond acceptors (Lipinski definition) is 2. The molecule has 1 amide bonds. The zero-order valence-corrected chi connectivity index (χ0v) is 10.2. The molecular formula is C12H10BrNO2. The molecule has 82 valence electrons. The fraction of sp³-hybridized carbons (Fsp3) is 0.333. The van der Waals surface area contributed by atoms with Gasteiger partial charge in [0.05, 0.1) is 11.3 Å². The van der Waals surface area contributed by atoms with E-state index >= 15 is 0 Å². The molecule has 1 aromatic carbocycles. The summed E-state index contributed by atoms with van der Waals surface area (Å²) >= 11 is 3.31. The fourth-order valence-corrected chi connectivity index (χ4v) is 2.37. The number of anilines is 1. The van der Waals surface area contributed by atoms with Crippen LogP contribution in [0.5, 0.6) is 0 Å². The van der Waals surface area contributed by atoms with Crippen LogP contribution in [-0.2, 0) is 4.79 Å². The van der Waals surface area contributed by atoms with Gasteiger partial charge in [-0.05, 0) is 37.0 Å². The SMILES string of the molecule is O=C1C(=O)N(CC2CC2)c2ccc(Br)cc21. The summed E-state index contributed by atoms with van der Waals surface area (Å²) in [6.07, 6.45) is 2.34. The van der Waals surface area contributed by atoms with E-state index in [1.807, 2.05) is 12.1 Å². The zero-order valence-electron chi connectivity index (χ0n) is 8.57. The van der Waals surface area contributed by atoms with Crippen LogP contribution >= 0.6 is 15.9 Å². The Bertz CT molecular complexity index is 494. The molecule has 3 nitrogen and oxygen atoms in total. The van der Waals surface area contributed by atoms with Crippen molar-refractivity contribution in [2.75, 3.05) is 11.4 Å². The van der Waals surface area contributed by atoms with Crippen molar-refractivity contribution in [3.63, 3.8) is 0 Å². The molecule has 0 bridgehead atoms. The van der Waals surface area contributed by atoms with Crippen LogP contribution in [0.4, 0.5) is 5.69 Å². The van der Waals surface area contributed by atoms with Crippen LogP contribution < -0.4 is 4.90 Å². The summed E-state index contributed by atoms with van der Waals surface area (Å²) in [7, 11) is 0. The average Bonchev–Trinajstić information content (AvgIpc) is 3.04. The fourth-order valence-electron chi connectivity index (χ4n) is 2.01. The van der Waals surface area contributed by atoms with Crippen molar-refractivity contribution in [2.24, 2.45) is 5.92 Å². The first-order valence-corrected chi connectivity index (χ1v) is 6.12. The lowest BCUT2D eigenvalue weighted by molar-refractivity contribution is -0.114. The molecule has 0 radical (unpaired) electrons. The highest BCUT2D eigenvalue weighted by molar-refractivity contribution is 9.10. The number of amides is 1. The molecule has 2 aliphatic rings. The standard InChI is InChI=1S/C12H10BrNO2/c13-8-3-4-10-9(5-8)11(15)12(16)14(10)6-7-1-2-7/h3-5,7H,1-2,6H2. The largest absolute Gasteiger partial charge is 0.304 e. The molecule has 1 aliphatic carbocycles. The van der Waals surface area contributed by atoms with Crippen molar-refractivity contribution < 1.29 is 9.59 Å². The van der Waals surface area contributed by atoms with Gasteiger partial charge < -0.3 is 4.90 Å². The molecule has 1 heterocycles. The molecule has 1 saturated carbocycles. The topological polar surface area (TPSA) is 37.4 Å². The van der Waals surface area contributed by atoms with Crippen molar-refractivity contribution in [1.29, 1.82) is 0 Å². The lowest BCUT2D eigenvalue weighted by Crippen LogP contribution is -2.31. The van der Waals surface area contributed by atoms with Crippen molar-refractivity contribution in [2.45, 2.75) is 12.8 Å². The number of nitrogens with zero attached hydrogens (tertiary/aromatic N) is 1. The summed E-state index contributed by atoms with van der Waals surface area (Å²) in [4.78, 5) is 25.2. The van der Waals surface area contributed by atoms with E-state index < -0.39 is 0 Å². The van der Waals surface area contributed by atoms with E-state index in [0.717, 1.165) is 10.2 Å². The third kappa shape index (κ3) is 1.48. The first-order chi connectivity index (χ1) is 7.66. The normalized spacial score (nSPS) is 19.2. The number of halogens is 1. The molecule has 0 unspecified atom stereocenters. The maximum Gasteiger partial charge on any atom is 0.299 e. The van der Waals surface area contributed by atoms with Gasteiger partial charge in [0, 0.05) is 11.0 Å². The van der Waals surface area contributed by atoms with Gasteiger partial charge in [0.15, 0.2) is 0 Å². The summed E-state index contributed by atoms with van der Waals surface area (Å²) < 4.78 is 0.834. The Hall–Kier alpha value is -1.16.